The minimum atomic E-state index is -0.347. The van der Waals surface area contributed by atoms with Crippen LogP contribution in [0, 0.1) is 12.7 Å². The summed E-state index contributed by atoms with van der Waals surface area (Å²) >= 11 is 6.18. The lowest BCUT2D eigenvalue weighted by molar-refractivity contribution is 0.311. The van der Waals surface area contributed by atoms with Crippen molar-refractivity contribution in [3.63, 3.8) is 0 Å². The molecule has 26 heavy (non-hydrogen) atoms. The molecule has 0 unspecified atom stereocenters. The summed E-state index contributed by atoms with van der Waals surface area (Å²) in [6, 6.07) is 8.65. The molecule has 2 aliphatic heterocycles. The Bertz CT molecular complexity index is 810. The third kappa shape index (κ3) is 3.39. The first-order valence-electron chi connectivity index (χ1n) is 8.84. The summed E-state index contributed by atoms with van der Waals surface area (Å²) in [4.78, 5) is 2.36. The number of hydrazine groups is 1. The van der Waals surface area contributed by atoms with Crippen LogP contribution in [0.5, 0.6) is 5.75 Å². The molecule has 1 fully saturated rings. The monoisotopic (exact) mass is 376 g/mol. The molecule has 2 heterocycles. The number of rotatable bonds is 3. The number of hydrogen-bond acceptors (Lipinski definition) is 5. The minimum Gasteiger partial charge on any atom is -0.487 e. The zero-order chi connectivity index (χ0) is 18.1. The normalized spacial score (nSPS) is 16.9. The number of benzene rings is 2. The van der Waals surface area contributed by atoms with Gasteiger partial charge >= 0.3 is 0 Å². The van der Waals surface area contributed by atoms with E-state index in [4.69, 9.17) is 16.3 Å². The van der Waals surface area contributed by atoms with E-state index in [1.165, 1.54) is 17.7 Å². The van der Waals surface area contributed by atoms with Gasteiger partial charge in [-0.2, -0.15) is 0 Å². The molecule has 0 atom stereocenters. The van der Waals surface area contributed by atoms with E-state index in [0.717, 1.165) is 43.3 Å². The molecule has 0 saturated carbocycles. The molecule has 2 aromatic carbocycles. The highest BCUT2D eigenvalue weighted by molar-refractivity contribution is 6.33. The molecule has 1 saturated heterocycles. The summed E-state index contributed by atoms with van der Waals surface area (Å²) in [6.07, 6.45) is 0. The van der Waals surface area contributed by atoms with Crippen LogP contribution in [0.25, 0.3) is 0 Å². The molecule has 0 aromatic heterocycles. The maximum atomic E-state index is 13.3. The molecule has 7 heteroatoms. The van der Waals surface area contributed by atoms with Crippen LogP contribution in [0.1, 0.15) is 5.56 Å². The number of hydrogen-bond donors (Lipinski definition) is 2. The second-order valence-corrected chi connectivity index (χ2v) is 7.01. The number of piperazine rings is 1. The van der Waals surface area contributed by atoms with Gasteiger partial charge in [-0.15, -0.1) is 0 Å². The van der Waals surface area contributed by atoms with Gasteiger partial charge in [0.25, 0.3) is 0 Å². The lowest BCUT2D eigenvalue weighted by Crippen LogP contribution is -2.44. The van der Waals surface area contributed by atoms with Crippen LogP contribution >= 0.6 is 11.6 Å². The van der Waals surface area contributed by atoms with Crippen LogP contribution in [0.2, 0.25) is 5.02 Å². The quantitative estimate of drug-likeness (QED) is 0.858. The largest absolute Gasteiger partial charge is 0.487 e. The molecule has 0 amide bonds. The van der Waals surface area contributed by atoms with E-state index in [0.29, 0.717) is 23.9 Å². The lowest BCUT2D eigenvalue weighted by atomic mass is 10.1. The van der Waals surface area contributed by atoms with E-state index in [1.54, 1.807) is 6.07 Å². The van der Waals surface area contributed by atoms with Crippen molar-refractivity contribution in [1.82, 2.24) is 5.32 Å². The van der Waals surface area contributed by atoms with Gasteiger partial charge in [-0.3, -0.25) is 10.4 Å². The van der Waals surface area contributed by atoms with Gasteiger partial charge in [0.05, 0.1) is 22.9 Å². The Morgan fingerprint density at radius 1 is 1.12 bits per heavy atom. The van der Waals surface area contributed by atoms with Gasteiger partial charge in [0.2, 0.25) is 0 Å². The van der Waals surface area contributed by atoms with Crippen LogP contribution in [0.3, 0.4) is 0 Å². The molecule has 2 N–H and O–H groups in total. The topological polar surface area (TPSA) is 39.8 Å². The zero-order valence-corrected chi connectivity index (χ0v) is 15.4. The Morgan fingerprint density at radius 3 is 2.65 bits per heavy atom. The van der Waals surface area contributed by atoms with E-state index in [-0.39, 0.29) is 5.82 Å². The molecule has 138 valence electrons. The van der Waals surface area contributed by atoms with Crippen LogP contribution in [0.15, 0.2) is 30.3 Å². The fraction of sp³-hybridized carbons (Fsp3) is 0.368. The number of fused-ring (bicyclic) bond motifs is 1. The smallest absolute Gasteiger partial charge is 0.167 e. The van der Waals surface area contributed by atoms with Gasteiger partial charge in [0.1, 0.15) is 18.1 Å². The van der Waals surface area contributed by atoms with Crippen molar-refractivity contribution in [3.05, 3.63) is 46.7 Å². The van der Waals surface area contributed by atoms with Crippen LogP contribution < -0.4 is 25.4 Å². The second-order valence-electron chi connectivity index (χ2n) is 6.61. The molecule has 2 aliphatic rings. The van der Waals surface area contributed by atoms with E-state index in [2.05, 4.69) is 34.7 Å². The highest BCUT2D eigenvalue weighted by Gasteiger charge is 2.25. The summed E-state index contributed by atoms with van der Waals surface area (Å²) in [5.74, 6) is 0.536. The van der Waals surface area contributed by atoms with Crippen molar-refractivity contribution in [3.8, 4) is 5.75 Å². The first kappa shape index (κ1) is 17.2. The predicted octanol–water partition coefficient (Wildman–Crippen LogP) is 3.42. The standard InChI is InChI=1S/C19H22ClFN4O/c1-13-10-17(24-6-4-22-5-7-24)19-18(11-13)25(8-9-26-19)23-16-3-2-14(21)12-15(16)20/h2-3,10-12,22-23H,4-9H2,1H3. The van der Waals surface area contributed by atoms with E-state index < -0.39 is 0 Å². The number of ether oxygens (including phenoxy) is 1. The Kier molecular flexibility index (Phi) is 4.78. The highest BCUT2D eigenvalue weighted by atomic mass is 35.5. The third-order valence-electron chi connectivity index (χ3n) is 4.69. The fourth-order valence-electron chi connectivity index (χ4n) is 3.43. The number of halogens is 2. The van der Waals surface area contributed by atoms with Crippen LogP contribution in [0.4, 0.5) is 21.5 Å². The number of nitrogens with one attached hydrogen (secondary N) is 2. The summed E-state index contributed by atoms with van der Waals surface area (Å²) < 4.78 is 19.4. The number of nitrogens with zero attached hydrogens (tertiary/aromatic N) is 2. The van der Waals surface area contributed by atoms with Crippen molar-refractivity contribution >= 4 is 28.7 Å². The maximum Gasteiger partial charge on any atom is 0.167 e. The van der Waals surface area contributed by atoms with Crippen LogP contribution in [-0.2, 0) is 0 Å². The number of aryl methyl sites for hydroxylation is 1. The first-order valence-corrected chi connectivity index (χ1v) is 9.22. The Hall–Kier alpha value is -2.18. The predicted molar refractivity (Wildman–Crippen MR) is 104 cm³/mol. The minimum absolute atomic E-state index is 0.347. The molecule has 5 nitrogen and oxygen atoms in total. The van der Waals surface area contributed by atoms with Crippen LogP contribution in [-0.4, -0.2) is 39.3 Å². The fourth-order valence-corrected chi connectivity index (χ4v) is 3.63. The molecule has 2 aromatic rings. The molecule has 0 radical (unpaired) electrons. The van der Waals surface area contributed by atoms with Crippen molar-refractivity contribution in [2.45, 2.75) is 6.92 Å². The Labute approximate surface area is 157 Å². The van der Waals surface area contributed by atoms with Crippen molar-refractivity contribution in [2.75, 3.05) is 54.7 Å². The molecule has 0 bridgehead atoms. The van der Waals surface area contributed by atoms with Gasteiger partial charge in [0, 0.05) is 26.2 Å². The van der Waals surface area contributed by atoms with Gasteiger partial charge in [-0.1, -0.05) is 11.6 Å². The average Bonchev–Trinajstić information content (AvgIpc) is 2.64. The van der Waals surface area contributed by atoms with Crippen molar-refractivity contribution < 1.29 is 9.13 Å². The summed E-state index contributed by atoms with van der Waals surface area (Å²) in [5.41, 5.74) is 7.25. The maximum absolute atomic E-state index is 13.3. The summed E-state index contributed by atoms with van der Waals surface area (Å²) in [7, 11) is 0. The Morgan fingerprint density at radius 2 is 1.88 bits per heavy atom. The second kappa shape index (κ2) is 7.21. The van der Waals surface area contributed by atoms with E-state index >= 15 is 0 Å². The van der Waals surface area contributed by atoms with Gasteiger partial charge in [-0.25, -0.2) is 4.39 Å². The zero-order valence-electron chi connectivity index (χ0n) is 14.7. The Balaban J connectivity index is 1.68. The average molecular weight is 377 g/mol. The highest BCUT2D eigenvalue weighted by Crippen LogP contribution is 2.42. The molecule has 0 aliphatic carbocycles. The van der Waals surface area contributed by atoms with Crippen molar-refractivity contribution in [1.29, 1.82) is 0 Å². The van der Waals surface area contributed by atoms with Gasteiger partial charge < -0.3 is 15.0 Å². The SMILES string of the molecule is Cc1cc(N2CCNCC2)c2c(c1)N(Nc1ccc(F)cc1Cl)CCO2. The lowest BCUT2D eigenvalue weighted by Gasteiger charge is -2.37. The number of anilines is 3. The molecular formula is C19H22ClFN4O. The van der Waals surface area contributed by atoms with E-state index in [1.807, 2.05) is 5.01 Å². The summed E-state index contributed by atoms with van der Waals surface area (Å²) in [5, 5.41) is 5.76. The summed E-state index contributed by atoms with van der Waals surface area (Å²) in [6.45, 7) is 7.18. The molecule has 4 rings (SSSR count). The third-order valence-corrected chi connectivity index (χ3v) is 5.00. The van der Waals surface area contributed by atoms with E-state index in [9.17, 15) is 4.39 Å². The first-order chi connectivity index (χ1) is 12.6. The molecular weight excluding hydrogens is 355 g/mol. The van der Waals surface area contributed by atoms with Gasteiger partial charge in [0.15, 0.2) is 5.75 Å². The van der Waals surface area contributed by atoms with Gasteiger partial charge in [-0.05, 0) is 42.8 Å². The molecule has 0 spiro atoms. The van der Waals surface area contributed by atoms with Crippen molar-refractivity contribution in [2.24, 2.45) is 0 Å².